The summed E-state index contributed by atoms with van der Waals surface area (Å²) in [4.78, 5) is 48.4. The number of hydrogen-bond acceptors (Lipinski definition) is 4. The van der Waals surface area contributed by atoms with Crippen molar-refractivity contribution in [2.75, 3.05) is 4.90 Å². The minimum absolute atomic E-state index is 0.0858. The highest BCUT2D eigenvalue weighted by atomic mass is 16.4. The first-order valence-corrected chi connectivity index (χ1v) is 7.27. The first-order valence-electron chi connectivity index (χ1n) is 7.27. The lowest BCUT2D eigenvalue weighted by molar-refractivity contribution is -0.122. The van der Waals surface area contributed by atoms with Gasteiger partial charge in [0, 0.05) is 0 Å². The predicted octanol–water partition coefficient (Wildman–Crippen LogP) is 2.05. The Morgan fingerprint density at radius 3 is 2.20 bits per heavy atom. The lowest BCUT2D eigenvalue weighted by Gasteiger charge is -2.26. The highest BCUT2D eigenvalue weighted by Crippen LogP contribution is 2.21. The van der Waals surface area contributed by atoms with Gasteiger partial charge in [-0.05, 0) is 35.9 Å². The Bertz CT molecular complexity index is 901. The van der Waals surface area contributed by atoms with Crippen molar-refractivity contribution in [1.82, 2.24) is 5.32 Å². The summed E-state index contributed by atoms with van der Waals surface area (Å²) in [7, 11) is 0. The number of amides is 4. The number of carbonyl (C=O) groups is 4. The molecule has 0 radical (unpaired) electrons. The van der Waals surface area contributed by atoms with Crippen molar-refractivity contribution in [2.45, 2.75) is 0 Å². The molecule has 0 bridgehead atoms. The molecule has 0 aromatic heterocycles. The largest absolute Gasteiger partial charge is 0.478 e. The van der Waals surface area contributed by atoms with Crippen LogP contribution in [0, 0.1) is 0 Å². The van der Waals surface area contributed by atoms with E-state index in [0.29, 0.717) is 11.3 Å². The van der Waals surface area contributed by atoms with E-state index in [-0.39, 0.29) is 11.1 Å². The van der Waals surface area contributed by atoms with E-state index in [9.17, 15) is 19.2 Å². The van der Waals surface area contributed by atoms with Crippen LogP contribution in [-0.2, 0) is 9.59 Å². The van der Waals surface area contributed by atoms with Gasteiger partial charge in [0.2, 0.25) is 0 Å². The van der Waals surface area contributed by atoms with Crippen LogP contribution in [0.4, 0.5) is 10.5 Å². The van der Waals surface area contributed by atoms with Crippen LogP contribution in [0.3, 0.4) is 0 Å². The molecule has 7 nitrogen and oxygen atoms in total. The number of nitrogens with one attached hydrogen (secondary N) is 1. The van der Waals surface area contributed by atoms with Crippen LogP contribution in [0.1, 0.15) is 15.9 Å². The van der Waals surface area contributed by atoms with Crippen LogP contribution in [0.2, 0.25) is 0 Å². The highest BCUT2D eigenvalue weighted by molar-refractivity contribution is 6.39. The van der Waals surface area contributed by atoms with Gasteiger partial charge in [0.25, 0.3) is 11.8 Å². The minimum Gasteiger partial charge on any atom is -0.478 e. The lowest BCUT2D eigenvalue weighted by atomic mass is 10.1. The topological polar surface area (TPSA) is 104 Å². The van der Waals surface area contributed by atoms with E-state index in [0.717, 1.165) is 4.90 Å². The number of barbiturate groups is 1. The number of rotatable bonds is 3. The van der Waals surface area contributed by atoms with E-state index in [1.54, 1.807) is 30.3 Å². The number of anilines is 1. The zero-order valence-corrected chi connectivity index (χ0v) is 12.8. The maximum Gasteiger partial charge on any atom is 0.335 e. The number of benzene rings is 2. The molecule has 1 aliphatic heterocycles. The van der Waals surface area contributed by atoms with Crippen molar-refractivity contribution in [3.63, 3.8) is 0 Å². The predicted molar refractivity (Wildman–Crippen MR) is 88.8 cm³/mol. The SMILES string of the molecule is O=C1NC(=O)N(c2ccccc2)C(=O)/C1=C/c1ccc(C(=O)O)cc1. The first kappa shape index (κ1) is 16.1. The fourth-order valence-electron chi connectivity index (χ4n) is 2.36. The number of aromatic carboxylic acids is 1. The van der Waals surface area contributed by atoms with Crippen molar-refractivity contribution in [2.24, 2.45) is 0 Å². The summed E-state index contributed by atoms with van der Waals surface area (Å²) in [5, 5.41) is 11.0. The van der Waals surface area contributed by atoms with Crippen molar-refractivity contribution < 1.29 is 24.3 Å². The average molecular weight is 336 g/mol. The summed E-state index contributed by atoms with van der Waals surface area (Å²) in [6.07, 6.45) is 1.31. The molecular weight excluding hydrogens is 324 g/mol. The summed E-state index contributed by atoms with van der Waals surface area (Å²) in [5.74, 6) is -2.63. The Hall–Kier alpha value is -3.74. The Labute approximate surface area is 142 Å². The third-order valence-electron chi connectivity index (χ3n) is 3.58. The molecule has 1 fully saturated rings. The zero-order chi connectivity index (χ0) is 18.0. The molecule has 1 saturated heterocycles. The van der Waals surface area contributed by atoms with Gasteiger partial charge < -0.3 is 5.11 Å². The summed E-state index contributed by atoms with van der Waals surface area (Å²) in [5.41, 5.74) is 0.671. The van der Waals surface area contributed by atoms with Gasteiger partial charge in [-0.25, -0.2) is 14.5 Å². The van der Waals surface area contributed by atoms with Crippen LogP contribution in [0.15, 0.2) is 60.2 Å². The van der Waals surface area contributed by atoms with E-state index in [4.69, 9.17) is 5.11 Å². The molecule has 25 heavy (non-hydrogen) atoms. The number of imide groups is 2. The second kappa shape index (κ2) is 6.40. The van der Waals surface area contributed by atoms with Gasteiger partial charge in [-0.3, -0.25) is 14.9 Å². The van der Waals surface area contributed by atoms with E-state index in [2.05, 4.69) is 5.32 Å². The molecule has 1 aliphatic rings. The van der Waals surface area contributed by atoms with Crippen LogP contribution < -0.4 is 10.2 Å². The maximum absolute atomic E-state index is 12.6. The van der Waals surface area contributed by atoms with E-state index in [1.807, 2.05) is 0 Å². The molecule has 0 saturated carbocycles. The Kier molecular flexibility index (Phi) is 4.13. The summed E-state index contributed by atoms with van der Waals surface area (Å²) in [6.45, 7) is 0. The van der Waals surface area contributed by atoms with Crippen LogP contribution >= 0.6 is 0 Å². The number of carboxylic acid groups (broad SMARTS) is 1. The van der Waals surface area contributed by atoms with Gasteiger partial charge in [-0.15, -0.1) is 0 Å². The normalized spacial score (nSPS) is 16.1. The van der Waals surface area contributed by atoms with Crippen LogP contribution in [0.5, 0.6) is 0 Å². The van der Waals surface area contributed by atoms with Gasteiger partial charge in [0.1, 0.15) is 5.57 Å². The van der Waals surface area contributed by atoms with E-state index < -0.39 is 23.8 Å². The average Bonchev–Trinajstić information content (AvgIpc) is 2.60. The summed E-state index contributed by atoms with van der Waals surface area (Å²) >= 11 is 0. The number of carboxylic acids is 1. The fourth-order valence-corrected chi connectivity index (χ4v) is 2.36. The second-order valence-electron chi connectivity index (χ2n) is 5.22. The van der Waals surface area contributed by atoms with E-state index in [1.165, 1.54) is 30.3 Å². The number of carbonyl (C=O) groups excluding carboxylic acids is 3. The molecule has 124 valence electrons. The van der Waals surface area contributed by atoms with Gasteiger partial charge >= 0.3 is 12.0 Å². The molecule has 0 aliphatic carbocycles. The van der Waals surface area contributed by atoms with Gasteiger partial charge in [0.05, 0.1) is 11.3 Å². The molecule has 1 heterocycles. The molecule has 2 N–H and O–H groups in total. The Morgan fingerprint density at radius 2 is 1.60 bits per heavy atom. The van der Waals surface area contributed by atoms with Crippen molar-refractivity contribution in [1.29, 1.82) is 0 Å². The molecular formula is C18H12N2O5. The molecule has 7 heteroatoms. The smallest absolute Gasteiger partial charge is 0.335 e. The van der Waals surface area contributed by atoms with Crippen molar-refractivity contribution in [3.05, 3.63) is 71.3 Å². The lowest BCUT2D eigenvalue weighted by Crippen LogP contribution is -2.54. The quantitative estimate of drug-likeness (QED) is 0.659. The maximum atomic E-state index is 12.6. The molecule has 0 unspecified atom stereocenters. The zero-order valence-electron chi connectivity index (χ0n) is 12.8. The van der Waals surface area contributed by atoms with Gasteiger partial charge in [-0.2, -0.15) is 0 Å². The van der Waals surface area contributed by atoms with Crippen LogP contribution in [-0.4, -0.2) is 28.9 Å². The third kappa shape index (κ3) is 3.16. The third-order valence-corrected chi connectivity index (χ3v) is 3.58. The monoisotopic (exact) mass is 336 g/mol. The Balaban J connectivity index is 1.97. The highest BCUT2D eigenvalue weighted by Gasteiger charge is 2.36. The summed E-state index contributed by atoms with van der Waals surface area (Å²) < 4.78 is 0. The van der Waals surface area contributed by atoms with Crippen molar-refractivity contribution in [3.8, 4) is 0 Å². The second-order valence-corrected chi connectivity index (χ2v) is 5.22. The van der Waals surface area contributed by atoms with Gasteiger partial charge in [-0.1, -0.05) is 30.3 Å². The number of hydrogen-bond donors (Lipinski definition) is 2. The minimum atomic E-state index is -1.08. The fraction of sp³-hybridized carbons (Fsp3) is 0. The van der Waals surface area contributed by atoms with Crippen LogP contribution in [0.25, 0.3) is 6.08 Å². The molecule has 0 spiro atoms. The molecule has 2 aromatic rings. The molecule has 2 aromatic carbocycles. The first-order chi connectivity index (χ1) is 12.0. The number of nitrogens with zero attached hydrogens (tertiary/aromatic N) is 1. The van der Waals surface area contributed by atoms with E-state index >= 15 is 0 Å². The molecule has 3 rings (SSSR count). The Morgan fingerprint density at radius 1 is 0.960 bits per heavy atom. The van der Waals surface area contributed by atoms with Crippen molar-refractivity contribution >= 4 is 35.6 Å². The standard InChI is InChI=1S/C18H12N2O5/c21-15-14(10-11-6-8-12(9-7-11)17(23)24)16(22)20(18(25)19-15)13-4-2-1-3-5-13/h1-10H,(H,23,24)(H,19,21,25)/b14-10+. The molecule has 4 amide bonds. The number of urea groups is 1. The van der Waals surface area contributed by atoms with Gasteiger partial charge in [0.15, 0.2) is 0 Å². The molecule has 0 atom stereocenters. The number of para-hydroxylation sites is 1. The summed E-state index contributed by atoms with van der Waals surface area (Å²) in [6, 6.07) is 13.1.